The molecular weight excluding hydrogens is 225 g/mol. The molecule has 0 bridgehead atoms. The third-order valence-electron chi connectivity index (χ3n) is 2.35. The van der Waals surface area contributed by atoms with Crippen LogP contribution in [0.5, 0.6) is 5.75 Å². The Morgan fingerprint density at radius 2 is 2.29 bits per heavy atom. The number of ether oxygens (including phenoxy) is 1. The van der Waals surface area contributed by atoms with Gasteiger partial charge in [-0.05, 0) is 18.2 Å². The van der Waals surface area contributed by atoms with Gasteiger partial charge in [0.1, 0.15) is 24.5 Å². The van der Waals surface area contributed by atoms with Crippen molar-refractivity contribution < 1.29 is 14.2 Å². The van der Waals surface area contributed by atoms with E-state index in [1.54, 1.807) is 17.9 Å². The van der Waals surface area contributed by atoms with Gasteiger partial charge in [-0.25, -0.2) is 4.39 Å². The topological polar surface area (TPSA) is 60.2 Å². The standard InChI is InChI=1S/C11H12FN3O2/c1-15-7-13-14-11(15)6-17-10-3-2-9(12)4-8(10)5-16/h2-4,7,16H,5-6H2,1H3. The molecule has 6 heteroatoms. The number of benzene rings is 1. The number of aliphatic hydroxyl groups is 1. The largest absolute Gasteiger partial charge is 0.485 e. The summed E-state index contributed by atoms with van der Waals surface area (Å²) in [5.74, 6) is 0.690. The smallest absolute Gasteiger partial charge is 0.170 e. The fraction of sp³-hybridized carbons (Fsp3) is 0.273. The number of rotatable bonds is 4. The van der Waals surface area contributed by atoms with Gasteiger partial charge < -0.3 is 14.4 Å². The minimum absolute atomic E-state index is 0.217. The van der Waals surface area contributed by atoms with Gasteiger partial charge in [-0.1, -0.05) is 0 Å². The first-order chi connectivity index (χ1) is 8.20. The normalized spacial score (nSPS) is 10.5. The molecule has 0 saturated heterocycles. The second-order valence-electron chi connectivity index (χ2n) is 3.56. The first-order valence-corrected chi connectivity index (χ1v) is 5.05. The number of aliphatic hydroxyl groups excluding tert-OH is 1. The number of nitrogens with zero attached hydrogens (tertiary/aromatic N) is 3. The first-order valence-electron chi connectivity index (χ1n) is 5.05. The molecule has 1 heterocycles. The maximum Gasteiger partial charge on any atom is 0.170 e. The molecule has 0 aliphatic carbocycles. The van der Waals surface area contributed by atoms with Crippen molar-refractivity contribution in [3.63, 3.8) is 0 Å². The van der Waals surface area contributed by atoms with E-state index in [1.165, 1.54) is 18.2 Å². The predicted molar refractivity (Wildman–Crippen MR) is 57.7 cm³/mol. The number of hydrogen-bond acceptors (Lipinski definition) is 4. The maximum atomic E-state index is 12.9. The van der Waals surface area contributed by atoms with Gasteiger partial charge in [0.2, 0.25) is 0 Å². The van der Waals surface area contributed by atoms with Crippen LogP contribution in [0, 0.1) is 5.82 Å². The zero-order valence-corrected chi connectivity index (χ0v) is 9.30. The van der Waals surface area contributed by atoms with E-state index in [4.69, 9.17) is 9.84 Å². The van der Waals surface area contributed by atoms with Crippen LogP contribution in [-0.4, -0.2) is 19.9 Å². The van der Waals surface area contributed by atoms with Gasteiger partial charge in [-0.2, -0.15) is 0 Å². The van der Waals surface area contributed by atoms with E-state index >= 15 is 0 Å². The Morgan fingerprint density at radius 3 is 2.94 bits per heavy atom. The molecule has 0 fully saturated rings. The Balaban J connectivity index is 2.11. The summed E-state index contributed by atoms with van der Waals surface area (Å²) in [5, 5.41) is 16.6. The summed E-state index contributed by atoms with van der Waals surface area (Å²) in [4.78, 5) is 0. The monoisotopic (exact) mass is 237 g/mol. The van der Waals surface area contributed by atoms with Gasteiger partial charge in [0.05, 0.1) is 6.61 Å². The van der Waals surface area contributed by atoms with Crippen molar-refractivity contribution in [2.24, 2.45) is 7.05 Å². The molecule has 0 aliphatic rings. The summed E-state index contributed by atoms with van der Waals surface area (Å²) < 4.78 is 20.1. The van der Waals surface area contributed by atoms with E-state index in [-0.39, 0.29) is 13.2 Å². The predicted octanol–water partition coefficient (Wildman–Crippen LogP) is 1.03. The van der Waals surface area contributed by atoms with E-state index in [2.05, 4.69) is 10.2 Å². The van der Waals surface area contributed by atoms with Crippen LogP contribution in [0.25, 0.3) is 0 Å². The minimum Gasteiger partial charge on any atom is -0.485 e. The average Bonchev–Trinajstić information content (AvgIpc) is 2.73. The third kappa shape index (κ3) is 2.59. The third-order valence-corrected chi connectivity index (χ3v) is 2.35. The molecule has 5 nitrogen and oxygen atoms in total. The molecule has 0 atom stereocenters. The van der Waals surface area contributed by atoms with Crippen molar-refractivity contribution in [3.8, 4) is 5.75 Å². The van der Waals surface area contributed by atoms with Gasteiger partial charge in [0.25, 0.3) is 0 Å². The summed E-state index contributed by atoms with van der Waals surface area (Å²) in [5.41, 5.74) is 0.409. The van der Waals surface area contributed by atoms with E-state index in [0.717, 1.165) is 0 Å². The molecule has 17 heavy (non-hydrogen) atoms. The lowest BCUT2D eigenvalue weighted by atomic mass is 10.2. The fourth-order valence-corrected chi connectivity index (χ4v) is 1.39. The lowest BCUT2D eigenvalue weighted by Gasteiger charge is -2.09. The van der Waals surface area contributed by atoms with E-state index in [9.17, 15) is 4.39 Å². The number of aryl methyl sites for hydroxylation is 1. The van der Waals surface area contributed by atoms with Crippen molar-refractivity contribution >= 4 is 0 Å². The molecule has 0 spiro atoms. The fourth-order valence-electron chi connectivity index (χ4n) is 1.39. The van der Waals surface area contributed by atoms with Crippen molar-refractivity contribution in [3.05, 3.63) is 41.7 Å². The highest BCUT2D eigenvalue weighted by Gasteiger charge is 2.07. The van der Waals surface area contributed by atoms with Crippen molar-refractivity contribution in [2.45, 2.75) is 13.2 Å². The lowest BCUT2D eigenvalue weighted by molar-refractivity contribution is 0.253. The van der Waals surface area contributed by atoms with E-state index in [1.807, 2.05) is 0 Å². The van der Waals surface area contributed by atoms with E-state index in [0.29, 0.717) is 17.1 Å². The molecular formula is C11H12FN3O2. The van der Waals surface area contributed by atoms with E-state index < -0.39 is 5.82 Å². The Kier molecular flexibility index (Phi) is 3.34. The molecule has 1 aromatic heterocycles. The molecule has 1 N–H and O–H groups in total. The lowest BCUT2D eigenvalue weighted by Crippen LogP contribution is -2.04. The van der Waals surface area contributed by atoms with Crippen LogP contribution in [0.15, 0.2) is 24.5 Å². The van der Waals surface area contributed by atoms with Crippen molar-refractivity contribution in [2.75, 3.05) is 0 Å². The second-order valence-corrected chi connectivity index (χ2v) is 3.56. The number of hydrogen-bond donors (Lipinski definition) is 1. The van der Waals surface area contributed by atoms with Crippen LogP contribution in [0.1, 0.15) is 11.4 Å². The summed E-state index contributed by atoms with van der Waals surface area (Å²) in [7, 11) is 1.80. The molecule has 2 rings (SSSR count). The molecule has 0 saturated carbocycles. The van der Waals surface area contributed by atoms with Crippen LogP contribution in [0.4, 0.5) is 4.39 Å². The van der Waals surface area contributed by atoms with Crippen molar-refractivity contribution in [1.29, 1.82) is 0 Å². The Bertz CT molecular complexity index is 513. The van der Waals surface area contributed by atoms with Crippen LogP contribution in [-0.2, 0) is 20.3 Å². The van der Waals surface area contributed by atoms with Gasteiger partial charge in [-0.15, -0.1) is 10.2 Å². The zero-order chi connectivity index (χ0) is 12.3. The van der Waals surface area contributed by atoms with Gasteiger partial charge in [-0.3, -0.25) is 0 Å². The minimum atomic E-state index is -0.403. The zero-order valence-electron chi connectivity index (χ0n) is 9.30. The second kappa shape index (κ2) is 4.92. The van der Waals surface area contributed by atoms with Crippen LogP contribution in [0.2, 0.25) is 0 Å². The quantitative estimate of drug-likeness (QED) is 0.862. The first kappa shape index (κ1) is 11.5. The van der Waals surface area contributed by atoms with Gasteiger partial charge in [0.15, 0.2) is 5.82 Å². The molecule has 90 valence electrons. The highest BCUT2D eigenvalue weighted by Crippen LogP contribution is 2.20. The van der Waals surface area contributed by atoms with Gasteiger partial charge >= 0.3 is 0 Å². The van der Waals surface area contributed by atoms with Crippen molar-refractivity contribution in [1.82, 2.24) is 14.8 Å². The van der Waals surface area contributed by atoms with Gasteiger partial charge in [0, 0.05) is 12.6 Å². The van der Waals surface area contributed by atoms with Crippen LogP contribution in [0.3, 0.4) is 0 Å². The highest BCUT2D eigenvalue weighted by atomic mass is 19.1. The number of halogens is 1. The number of aromatic nitrogens is 3. The van der Waals surface area contributed by atoms with Crippen LogP contribution >= 0.6 is 0 Å². The molecule has 0 amide bonds. The molecule has 2 aromatic rings. The maximum absolute atomic E-state index is 12.9. The SMILES string of the molecule is Cn1cnnc1COc1ccc(F)cc1CO. The Hall–Kier alpha value is -1.95. The molecule has 1 aromatic carbocycles. The molecule has 0 radical (unpaired) electrons. The summed E-state index contributed by atoms with van der Waals surface area (Å²) in [6, 6.07) is 4.01. The Morgan fingerprint density at radius 1 is 1.47 bits per heavy atom. The Labute approximate surface area is 97.5 Å². The summed E-state index contributed by atoms with van der Waals surface area (Å²) in [6.45, 7) is -0.0545. The molecule has 0 unspecified atom stereocenters. The summed E-state index contributed by atoms with van der Waals surface area (Å²) >= 11 is 0. The average molecular weight is 237 g/mol. The molecule has 0 aliphatic heterocycles. The highest BCUT2D eigenvalue weighted by molar-refractivity contribution is 5.33. The van der Waals surface area contributed by atoms with Crippen LogP contribution < -0.4 is 4.74 Å². The summed E-state index contributed by atoms with van der Waals surface area (Å²) in [6.07, 6.45) is 1.57.